The van der Waals surface area contributed by atoms with E-state index >= 15 is 0 Å². The highest BCUT2D eigenvalue weighted by molar-refractivity contribution is 7.18. The van der Waals surface area contributed by atoms with E-state index < -0.39 is 0 Å². The SMILES string of the molecule is Cc1ccc(N(c2ccc(-c3ccc4c(c3)C(C)(C)c3ccccc3-4)cc2)c2ccc3c(c2)c2cc(C)ccc2n3-c2cccc(-c3ccc(-c4ccccc4)s3)c2)cc1. The van der Waals surface area contributed by atoms with Crippen LogP contribution in [-0.2, 0) is 5.41 Å². The van der Waals surface area contributed by atoms with E-state index in [1.807, 2.05) is 11.3 Å². The van der Waals surface area contributed by atoms with Crippen LogP contribution >= 0.6 is 11.3 Å². The van der Waals surface area contributed by atoms with E-state index in [4.69, 9.17) is 0 Å². The van der Waals surface area contributed by atoms with Crippen LogP contribution in [0.15, 0.2) is 194 Å². The maximum atomic E-state index is 2.44. The Balaban J connectivity index is 0.998. The number of aryl methyl sites for hydroxylation is 2. The maximum absolute atomic E-state index is 2.44. The predicted octanol–water partition coefficient (Wildman–Crippen LogP) is 16.2. The van der Waals surface area contributed by atoms with Gasteiger partial charge < -0.3 is 9.47 Å². The van der Waals surface area contributed by atoms with Gasteiger partial charge in [-0.2, -0.15) is 0 Å². The van der Waals surface area contributed by atoms with Crippen LogP contribution in [0.25, 0.3) is 70.6 Å². The van der Waals surface area contributed by atoms with Crippen LogP contribution in [0.5, 0.6) is 0 Å². The minimum Gasteiger partial charge on any atom is -0.310 e. The van der Waals surface area contributed by atoms with E-state index in [1.165, 1.54) is 87.2 Å². The summed E-state index contributed by atoms with van der Waals surface area (Å²) in [7, 11) is 0. The molecular formula is C57H44N2S. The van der Waals surface area contributed by atoms with Crippen LogP contribution < -0.4 is 4.90 Å². The zero-order valence-corrected chi connectivity index (χ0v) is 35.1. The van der Waals surface area contributed by atoms with Crippen LogP contribution in [0.2, 0.25) is 0 Å². The quantitative estimate of drug-likeness (QED) is 0.156. The van der Waals surface area contributed by atoms with Crippen molar-refractivity contribution in [2.45, 2.75) is 33.1 Å². The molecule has 0 saturated carbocycles. The molecule has 2 nitrogen and oxygen atoms in total. The van der Waals surface area contributed by atoms with Gasteiger partial charge in [-0.1, -0.05) is 134 Å². The third kappa shape index (κ3) is 6.00. The molecule has 0 fully saturated rings. The minimum absolute atomic E-state index is 0.0378. The first kappa shape index (κ1) is 36.2. The summed E-state index contributed by atoms with van der Waals surface area (Å²) >= 11 is 1.84. The Kier molecular flexibility index (Phi) is 8.51. The number of anilines is 3. The first-order valence-electron chi connectivity index (χ1n) is 20.8. The molecule has 0 spiro atoms. The van der Waals surface area contributed by atoms with Crippen LogP contribution in [0.1, 0.15) is 36.1 Å². The number of thiophene rings is 1. The summed E-state index contributed by atoms with van der Waals surface area (Å²) in [5.41, 5.74) is 19.8. The van der Waals surface area contributed by atoms with Crippen molar-refractivity contribution >= 4 is 50.2 Å². The summed E-state index contributed by atoms with van der Waals surface area (Å²) in [6.45, 7) is 9.04. The van der Waals surface area contributed by atoms with Gasteiger partial charge in [0.25, 0.3) is 0 Å². The Labute approximate surface area is 356 Å². The molecule has 11 rings (SSSR count). The molecule has 0 saturated heterocycles. The molecule has 2 heterocycles. The average molecular weight is 789 g/mol. The molecule has 60 heavy (non-hydrogen) atoms. The number of fused-ring (bicyclic) bond motifs is 6. The van der Waals surface area contributed by atoms with Crippen LogP contribution in [0, 0.1) is 13.8 Å². The summed E-state index contributed by atoms with van der Waals surface area (Å²) < 4.78 is 2.44. The van der Waals surface area contributed by atoms with Gasteiger partial charge in [-0.15, -0.1) is 11.3 Å². The second kappa shape index (κ2) is 14.1. The van der Waals surface area contributed by atoms with E-state index in [2.05, 4.69) is 231 Å². The van der Waals surface area contributed by atoms with Crippen molar-refractivity contribution in [3.63, 3.8) is 0 Å². The number of hydrogen-bond acceptors (Lipinski definition) is 2. The van der Waals surface area contributed by atoms with Crippen molar-refractivity contribution < 1.29 is 0 Å². The smallest absolute Gasteiger partial charge is 0.0542 e. The van der Waals surface area contributed by atoms with Gasteiger partial charge in [-0.05, 0) is 143 Å². The van der Waals surface area contributed by atoms with Gasteiger partial charge in [0, 0.05) is 48.7 Å². The lowest BCUT2D eigenvalue weighted by Crippen LogP contribution is -2.14. The van der Waals surface area contributed by atoms with Crippen molar-refractivity contribution in [3.05, 3.63) is 216 Å². The van der Waals surface area contributed by atoms with Crippen molar-refractivity contribution in [1.82, 2.24) is 4.57 Å². The zero-order chi connectivity index (χ0) is 40.5. The standard InChI is InChI=1S/C57H44N2S/c1-37-17-23-43(24-18-37)58(44-25-20-39(21-26-44)41-22-28-48-47-15-8-9-16-51(47)57(3,4)52(48)35-41)46-27-30-54-50(36-46)49-33-38(2)19-29-53(49)59(54)45-14-10-13-42(34-45)56-32-31-55(60-56)40-11-6-5-7-12-40/h5-36H,1-4H3. The molecule has 0 atom stereocenters. The van der Waals surface area contributed by atoms with E-state index in [0.29, 0.717) is 0 Å². The van der Waals surface area contributed by atoms with Crippen molar-refractivity contribution in [2.75, 3.05) is 4.90 Å². The summed E-state index contributed by atoms with van der Waals surface area (Å²) in [6.07, 6.45) is 0. The molecule has 0 aliphatic heterocycles. The van der Waals surface area contributed by atoms with E-state index in [0.717, 1.165) is 22.7 Å². The predicted molar refractivity (Wildman–Crippen MR) is 257 cm³/mol. The fourth-order valence-corrected chi connectivity index (χ4v) is 10.4. The van der Waals surface area contributed by atoms with Gasteiger partial charge in [0.2, 0.25) is 0 Å². The van der Waals surface area contributed by atoms with E-state index in [1.54, 1.807) is 0 Å². The topological polar surface area (TPSA) is 8.17 Å². The molecule has 0 unspecified atom stereocenters. The van der Waals surface area contributed by atoms with Gasteiger partial charge in [0.1, 0.15) is 0 Å². The van der Waals surface area contributed by atoms with Gasteiger partial charge in [-0.3, -0.25) is 0 Å². The molecule has 0 amide bonds. The van der Waals surface area contributed by atoms with Crippen LogP contribution in [-0.4, -0.2) is 4.57 Å². The molecule has 288 valence electrons. The number of nitrogens with zero attached hydrogens (tertiary/aromatic N) is 2. The molecular weight excluding hydrogens is 745 g/mol. The number of rotatable bonds is 7. The highest BCUT2D eigenvalue weighted by Crippen LogP contribution is 2.50. The second-order valence-electron chi connectivity index (χ2n) is 16.8. The van der Waals surface area contributed by atoms with Crippen molar-refractivity contribution in [2.24, 2.45) is 0 Å². The molecule has 2 aromatic heterocycles. The number of hydrogen-bond donors (Lipinski definition) is 0. The Morgan fingerprint density at radius 1 is 0.417 bits per heavy atom. The number of aromatic nitrogens is 1. The lowest BCUT2D eigenvalue weighted by atomic mass is 9.81. The largest absolute Gasteiger partial charge is 0.310 e. The Bertz CT molecular complexity index is 3240. The number of benzene rings is 8. The van der Waals surface area contributed by atoms with Gasteiger partial charge in [0.15, 0.2) is 0 Å². The van der Waals surface area contributed by atoms with Crippen molar-refractivity contribution in [3.8, 4) is 48.8 Å². The third-order valence-corrected chi connectivity index (χ3v) is 13.7. The van der Waals surface area contributed by atoms with Crippen LogP contribution in [0.4, 0.5) is 17.1 Å². The van der Waals surface area contributed by atoms with Crippen LogP contribution in [0.3, 0.4) is 0 Å². The van der Waals surface area contributed by atoms with Crippen molar-refractivity contribution in [1.29, 1.82) is 0 Å². The maximum Gasteiger partial charge on any atom is 0.0542 e. The first-order chi connectivity index (χ1) is 29.3. The summed E-state index contributed by atoms with van der Waals surface area (Å²) in [5, 5.41) is 2.48. The highest BCUT2D eigenvalue weighted by atomic mass is 32.1. The molecule has 0 radical (unpaired) electrons. The fourth-order valence-electron chi connectivity index (χ4n) is 9.42. The van der Waals surface area contributed by atoms with Gasteiger partial charge >= 0.3 is 0 Å². The molecule has 0 bridgehead atoms. The lowest BCUT2D eigenvalue weighted by molar-refractivity contribution is 0.660. The molecule has 8 aromatic carbocycles. The molecule has 10 aromatic rings. The molecule has 3 heteroatoms. The summed E-state index contributed by atoms with van der Waals surface area (Å²) in [4.78, 5) is 4.94. The second-order valence-corrected chi connectivity index (χ2v) is 17.9. The average Bonchev–Trinajstić information content (AvgIpc) is 3.97. The first-order valence-corrected chi connectivity index (χ1v) is 21.6. The third-order valence-electron chi connectivity index (χ3n) is 12.6. The monoisotopic (exact) mass is 788 g/mol. The Morgan fingerprint density at radius 3 is 1.80 bits per heavy atom. The summed E-state index contributed by atoms with van der Waals surface area (Å²) in [5.74, 6) is 0. The Morgan fingerprint density at radius 2 is 1.02 bits per heavy atom. The zero-order valence-electron chi connectivity index (χ0n) is 34.3. The highest BCUT2D eigenvalue weighted by Gasteiger charge is 2.35. The van der Waals surface area contributed by atoms with Gasteiger partial charge in [-0.25, -0.2) is 0 Å². The minimum atomic E-state index is -0.0378. The lowest BCUT2D eigenvalue weighted by Gasteiger charge is -2.26. The van der Waals surface area contributed by atoms with E-state index in [9.17, 15) is 0 Å². The van der Waals surface area contributed by atoms with E-state index in [-0.39, 0.29) is 5.41 Å². The molecule has 1 aliphatic carbocycles. The Hall–Kier alpha value is -6.94. The molecule has 1 aliphatic rings. The molecule has 0 N–H and O–H groups in total. The van der Waals surface area contributed by atoms with Gasteiger partial charge in [0.05, 0.1) is 11.0 Å². The normalized spacial score (nSPS) is 12.8. The summed E-state index contributed by atoms with van der Waals surface area (Å²) in [6, 6.07) is 71.9. The fraction of sp³-hybridized carbons (Fsp3) is 0.0877.